The molecule has 0 aromatic carbocycles. The average molecular weight is 434 g/mol. The monoisotopic (exact) mass is 433 g/mol. The van der Waals surface area contributed by atoms with E-state index in [0.29, 0.717) is 18.9 Å². The van der Waals surface area contributed by atoms with Crippen LogP contribution < -0.4 is 15.8 Å². The molecule has 0 saturated carbocycles. The third kappa shape index (κ3) is 3.91. The lowest BCUT2D eigenvalue weighted by molar-refractivity contribution is 0.124. The number of amidine groups is 1. The molecule has 9 heteroatoms. The molecule has 0 radical (unpaired) electrons. The van der Waals surface area contributed by atoms with E-state index in [1.165, 1.54) is 0 Å². The van der Waals surface area contributed by atoms with Crippen molar-refractivity contribution in [2.24, 2.45) is 5.16 Å². The Bertz CT molecular complexity index is 1230. The maximum absolute atomic E-state index is 12.1. The number of H-pyrrole nitrogens is 1. The van der Waals surface area contributed by atoms with Gasteiger partial charge >= 0.3 is 0 Å². The van der Waals surface area contributed by atoms with Crippen molar-refractivity contribution in [3.63, 3.8) is 0 Å². The van der Waals surface area contributed by atoms with Crippen molar-refractivity contribution in [2.75, 3.05) is 38.1 Å². The lowest BCUT2D eigenvalue weighted by Crippen LogP contribution is -2.46. The first-order valence-corrected chi connectivity index (χ1v) is 11.0. The molecule has 0 amide bonds. The molecule has 9 nitrogen and oxygen atoms in total. The highest BCUT2D eigenvalue weighted by Gasteiger charge is 2.21. The molecule has 0 spiro atoms. The molecule has 1 fully saturated rings. The van der Waals surface area contributed by atoms with Crippen LogP contribution in [0.4, 0.5) is 5.69 Å². The first-order chi connectivity index (χ1) is 15.6. The standard InChI is InChI=1S/C23H27N7O2/c1-3-16-10-19-20(27-23(16)31)8-15(11-25-19)13-29-4-6-30(7-5-29)18-9-17-14-32-28-22(24-2)21(17)26-12-18/h8-12H,3-7,13-14H2,1-2H3,(H,24,28)(H,27,31). The van der Waals surface area contributed by atoms with E-state index in [0.717, 1.165) is 71.8 Å². The Morgan fingerprint density at radius 2 is 1.97 bits per heavy atom. The molecule has 2 aliphatic rings. The van der Waals surface area contributed by atoms with E-state index in [1.807, 2.05) is 38.5 Å². The number of pyridine rings is 3. The van der Waals surface area contributed by atoms with E-state index >= 15 is 0 Å². The lowest BCUT2D eigenvalue weighted by atomic mass is 10.1. The Labute approximate surface area is 186 Å². The van der Waals surface area contributed by atoms with Crippen LogP contribution in [0.25, 0.3) is 11.0 Å². The molecular formula is C23H27N7O2. The van der Waals surface area contributed by atoms with Gasteiger partial charge in [0.25, 0.3) is 5.56 Å². The summed E-state index contributed by atoms with van der Waals surface area (Å²) in [5, 5.41) is 7.04. The second kappa shape index (κ2) is 8.58. The number of hydrogen-bond acceptors (Lipinski definition) is 8. The van der Waals surface area contributed by atoms with E-state index in [1.54, 1.807) is 0 Å². The van der Waals surface area contributed by atoms with Crippen LogP contribution in [-0.4, -0.2) is 58.9 Å². The topological polar surface area (TPSA) is 98.7 Å². The molecule has 3 aromatic heterocycles. The molecule has 5 heterocycles. The number of aryl methyl sites for hydroxylation is 1. The molecule has 0 atom stereocenters. The molecule has 5 rings (SSSR count). The number of piperazine rings is 1. The minimum atomic E-state index is -0.0234. The summed E-state index contributed by atoms with van der Waals surface area (Å²) in [4.78, 5) is 34.4. The van der Waals surface area contributed by atoms with Crippen LogP contribution in [-0.2, 0) is 24.4 Å². The molecule has 3 aromatic rings. The van der Waals surface area contributed by atoms with Crippen LogP contribution in [0.5, 0.6) is 0 Å². The van der Waals surface area contributed by atoms with Gasteiger partial charge in [-0.05, 0) is 30.2 Å². The van der Waals surface area contributed by atoms with Crippen LogP contribution in [0.1, 0.15) is 29.3 Å². The van der Waals surface area contributed by atoms with E-state index in [2.05, 4.69) is 41.3 Å². The number of aromatic nitrogens is 3. The summed E-state index contributed by atoms with van der Waals surface area (Å²) < 4.78 is 0. The maximum Gasteiger partial charge on any atom is 0.251 e. The van der Waals surface area contributed by atoms with Crippen molar-refractivity contribution in [1.82, 2.24) is 25.2 Å². The average Bonchev–Trinajstić information content (AvgIpc) is 2.83. The van der Waals surface area contributed by atoms with E-state index in [9.17, 15) is 4.79 Å². The van der Waals surface area contributed by atoms with Crippen molar-refractivity contribution in [3.8, 4) is 0 Å². The highest BCUT2D eigenvalue weighted by Crippen LogP contribution is 2.23. The molecule has 1 saturated heterocycles. The fourth-order valence-corrected chi connectivity index (χ4v) is 4.31. The summed E-state index contributed by atoms with van der Waals surface area (Å²) in [6.07, 6.45) is 4.54. The van der Waals surface area contributed by atoms with Gasteiger partial charge in [0.2, 0.25) is 0 Å². The number of anilines is 1. The fourth-order valence-electron chi connectivity index (χ4n) is 4.31. The van der Waals surface area contributed by atoms with Crippen molar-refractivity contribution in [3.05, 3.63) is 63.3 Å². The Morgan fingerprint density at radius 1 is 1.12 bits per heavy atom. The number of oxime groups is 1. The minimum absolute atomic E-state index is 0.0234. The van der Waals surface area contributed by atoms with Gasteiger partial charge in [0.15, 0.2) is 5.84 Å². The fraction of sp³-hybridized carbons (Fsp3) is 0.391. The van der Waals surface area contributed by atoms with E-state index < -0.39 is 0 Å². The summed E-state index contributed by atoms with van der Waals surface area (Å²) in [7, 11) is 1.82. The predicted molar refractivity (Wildman–Crippen MR) is 124 cm³/mol. The summed E-state index contributed by atoms with van der Waals surface area (Å²) in [6.45, 7) is 6.97. The quantitative estimate of drug-likeness (QED) is 0.645. The van der Waals surface area contributed by atoms with Crippen LogP contribution in [0.15, 0.2) is 40.5 Å². The van der Waals surface area contributed by atoms with Crippen molar-refractivity contribution < 1.29 is 4.84 Å². The zero-order chi connectivity index (χ0) is 22.1. The molecule has 32 heavy (non-hydrogen) atoms. The van der Waals surface area contributed by atoms with Gasteiger partial charge in [0.05, 0.1) is 22.9 Å². The summed E-state index contributed by atoms with van der Waals surface area (Å²) >= 11 is 0. The zero-order valence-electron chi connectivity index (χ0n) is 18.4. The van der Waals surface area contributed by atoms with Crippen LogP contribution >= 0.6 is 0 Å². The van der Waals surface area contributed by atoms with Gasteiger partial charge in [0, 0.05) is 57.1 Å². The molecule has 0 aliphatic carbocycles. The Morgan fingerprint density at radius 3 is 2.75 bits per heavy atom. The van der Waals surface area contributed by atoms with Gasteiger partial charge in [0.1, 0.15) is 12.3 Å². The van der Waals surface area contributed by atoms with E-state index in [4.69, 9.17) is 4.84 Å². The van der Waals surface area contributed by atoms with Gasteiger partial charge in [-0.25, -0.2) is 0 Å². The summed E-state index contributed by atoms with van der Waals surface area (Å²) in [5.74, 6) is 0.666. The van der Waals surface area contributed by atoms with Gasteiger partial charge in [-0.3, -0.25) is 19.7 Å². The van der Waals surface area contributed by atoms with Gasteiger partial charge in [-0.2, -0.15) is 0 Å². The number of aromatic amines is 1. The second-order valence-electron chi connectivity index (χ2n) is 8.18. The normalized spacial score (nSPS) is 16.4. The number of fused-ring (bicyclic) bond motifs is 2. The lowest BCUT2D eigenvalue weighted by Gasteiger charge is -2.36. The first-order valence-electron chi connectivity index (χ1n) is 11.0. The van der Waals surface area contributed by atoms with Gasteiger partial charge in [-0.15, -0.1) is 0 Å². The molecule has 0 unspecified atom stereocenters. The van der Waals surface area contributed by atoms with Gasteiger partial charge < -0.3 is 20.0 Å². The number of nitrogens with one attached hydrogen (secondary N) is 2. The second-order valence-corrected chi connectivity index (χ2v) is 8.18. The Hall–Kier alpha value is -3.46. The maximum atomic E-state index is 12.1. The third-order valence-electron chi connectivity index (χ3n) is 6.14. The van der Waals surface area contributed by atoms with Crippen molar-refractivity contribution in [2.45, 2.75) is 26.5 Å². The van der Waals surface area contributed by atoms with Crippen molar-refractivity contribution >= 4 is 22.6 Å². The van der Waals surface area contributed by atoms with Crippen molar-refractivity contribution in [1.29, 1.82) is 0 Å². The van der Waals surface area contributed by atoms with Crippen LogP contribution in [0.3, 0.4) is 0 Å². The zero-order valence-corrected chi connectivity index (χ0v) is 18.4. The Balaban J connectivity index is 1.24. The highest BCUT2D eigenvalue weighted by molar-refractivity contribution is 5.98. The summed E-state index contributed by atoms with van der Waals surface area (Å²) in [5.41, 5.74) is 6.51. The molecule has 0 bridgehead atoms. The molecular weight excluding hydrogens is 406 g/mol. The number of rotatable bonds is 4. The smallest absolute Gasteiger partial charge is 0.251 e. The summed E-state index contributed by atoms with van der Waals surface area (Å²) in [6, 6.07) is 6.09. The molecule has 2 aliphatic heterocycles. The number of hydrogen-bond donors (Lipinski definition) is 2. The minimum Gasteiger partial charge on any atom is -0.389 e. The molecule has 2 N–H and O–H groups in total. The van der Waals surface area contributed by atoms with Crippen LogP contribution in [0, 0.1) is 0 Å². The molecule has 166 valence electrons. The SMILES string of the molecule is CCc1cc2ncc(CN3CCN(c4cnc5c(c4)CON=C5NC)CC3)cc2[nH]c1=O. The largest absolute Gasteiger partial charge is 0.389 e. The Kier molecular flexibility index (Phi) is 5.48. The first kappa shape index (κ1) is 20.4. The third-order valence-corrected chi connectivity index (χ3v) is 6.14. The van der Waals surface area contributed by atoms with Gasteiger partial charge in [-0.1, -0.05) is 12.1 Å². The van der Waals surface area contributed by atoms with Crippen LogP contribution in [0.2, 0.25) is 0 Å². The predicted octanol–water partition coefficient (Wildman–Crippen LogP) is 1.61. The highest BCUT2D eigenvalue weighted by atomic mass is 16.6. The number of nitrogens with zero attached hydrogens (tertiary/aromatic N) is 5. The van der Waals surface area contributed by atoms with E-state index in [-0.39, 0.29) is 5.56 Å².